The number of benzene rings is 1. The van der Waals surface area contributed by atoms with Gasteiger partial charge >= 0.3 is 0 Å². The molecule has 1 aromatic rings. The third kappa shape index (κ3) is 2.01. The first-order valence-corrected chi connectivity index (χ1v) is 6.44. The van der Waals surface area contributed by atoms with Crippen LogP contribution in [0.25, 0.3) is 0 Å². The summed E-state index contributed by atoms with van der Waals surface area (Å²) in [5.74, 6) is 0.410. The van der Waals surface area contributed by atoms with Gasteiger partial charge in [-0.25, -0.2) is 0 Å². The second-order valence-corrected chi connectivity index (χ2v) is 5.23. The van der Waals surface area contributed by atoms with Crippen molar-refractivity contribution in [2.45, 2.75) is 51.0 Å². The van der Waals surface area contributed by atoms with Crippen molar-refractivity contribution < 1.29 is 5.11 Å². The second kappa shape index (κ2) is 4.58. The fourth-order valence-electron chi connectivity index (χ4n) is 2.82. The van der Waals surface area contributed by atoms with E-state index < -0.39 is 0 Å². The van der Waals surface area contributed by atoms with Crippen LogP contribution < -0.4 is 0 Å². The summed E-state index contributed by atoms with van der Waals surface area (Å²) in [5.41, 5.74) is 1.40. The Hall–Kier alpha value is -0.820. The van der Waals surface area contributed by atoms with E-state index in [0.717, 1.165) is 25.7 Å². The molecule has 88 valence electrons. The van der Waals surface area contributed by atoms with Gasteiger partial charge in [-0.3, -0.25) is 0 Å². The Morgan fingerprint density at radius 2 is 1.88 bits per heavy atom. The molecule has 1 fully saturated rings. The van der Waals surface area contributed by atoms with Crippen LogP contribution in [0.5, 0.6) is 0 Å². The fraction of sp³-hybridized carbons (Fsp3) is 0.600. The van der Waals surface area contributed by atoms with Crippen molar-refractivity contribution in [2.75, 3.05) is 0 Å². The molecule has 0 radical (unpaired) electrons. The number of rotatable bonds is 5. The standard InChI is InChI=1S/C15H22O/c1-3-7-12(2)14(16)15(10-11-15)13-8-5-4-6-9-13/h4-6,8-9,12,14,16H,3,7,10-11H2,1-2H3. The van der Waals surface area contributed by atoms with Gasteiger partial charge in [0.1, 0.15) is 0 Å². The predicted octanol–water partition coefficient (Wildman–Crippen LogP) is 3.52. The molecule has 0 aromatic heterocycles. The van der Waals surface area contributed by atoms with Crippen LogP contribution in [0.4, 0.5) is 0 Å². The topological polar surface area (TPSA) is 20.2 Å². The monoisotopic (exact) mass is 218 g/mol. The normalized spacial score (nSPS) is 21.4. The minimum atomic E-state index is -0.171. The first-order chi connectivity index (χ1) is 7.70. The summed E-state index contributed by atoms with van der Waals surface area (Å²) in [6.07, 6.45) is 4.40. The van der Waals surface area contributed by atoms with Gasteiger partial charge < -0.3 is 5.11 Å². The smallest absolute Gasteiger partial charge is 0.0662 e. The average molecular weight is 218 g/mol. The lowest BCUT2D eigenvalue weighted by molar-refractivity contribution is 0.0732. The molecular formula is C15H22O. The summed E-state index contributed by atoms with van der Waals surface area (Å²) < 4.78 is 0. The molecule has 1 aliphatic carbocycles. The molecule has 0 heterocycles. The molecule has 1 heteroatoms. The van der Waals surface area contributed by atoms with Crippen LogP contribution in [0.3, 0.4) is 0 Å². The van der Waals surface area contributed by atoms with E-state index in [1.165, 1.54) is 5.56 Å². The van der Waals surface area contributed by atoms with Crippen molar-refractivity contribution in [2.24, 2.45) is 5.92 Å². The van der Waals surface area contributed by atoms with Gasteiger partial charge in [0.25, 0.3) is 0 Å². The highest BCUT2D eigenvalue weighted by Crippen LogP contribution is 2.53. The molecule has 16 heavy (non-hydrogen) atoms. The summed E-state index contributed by atoms with van der Waals surface area (Å²) in [6.45, 7) is 4.36. The van der Waals surface area contributed by atoms with E-state index in [9.17, 15) is 5.11 Å². The summed E-state index contributed by atoms with van der Waals surface area (Å²) in [4.78, 5) is 0. The van der Waals surface area contributed by atoms with Crippen molar-refractivity contribution in [1.82, 2.24) is 0 Å². The first kappa shape index (κ1) is 11.7. The molecule has 0 aliphatic heterocycles. The first-order valence-electron chi connectivity index (χ1n) is 6.44. The Morgan fingerprint density at radius 1 is 1.25 bits per heavy atom. The number of aliphatic hydroxyl groups excluding tert-OH is 1. The number of hydrogen-bond acceptors (Lipinski definition) is 1. The molecule has 1 aliphatic rings. The maximum absolute atomic E-state index is 10.5. The average Bonchev–Trinajstić information content (AvgIpc) is 3.11. The number of aliphatic hydroxyl groups is 1. The molecule has 2 rings (SSSR count). The van der Waals surface area contributed by atoms with Gasteiger partial charge in [-0.2, -0.15) is 0 Å². The van der Waals surface area contributed by atoms with Crippen molar-refractivity contribution in [3.8, 4) is 0 Å². The largest absolute Gasteiger partial charge is 0.392 e. The van der Waals surface area contributed by atoms with Gasteiger partial charge in [0, 0.05) is 5.41 Å². The SMILES string of the molecule is CCCC(C)C(O)C1(c2ccccc2)CC1. The molecule has 0 bridgehead atoms. The van der Waals surface area contributed by atoms with E-state index >= 15 is 0 Å². The maximum Gasteiger partial charge on any atom is 0.0662 e. The van der Waals surface area contributed by atoms with E-state index in [1.807, 2.05) is 6.07 Å². The zero-order chi connectivity index (χ0) is 11.6. The highest BCUT2D eigenvalue weighted by Gasteiger charge is 2.51. The Labute approximate surface area is 98.5 Å². The van der Waals surface area contributed by atoms with Crippen LogP contribution in [-0.4, -0.2) is 11.2 Å². The molecule has 1 saturated carbocycles. The van der Waals surface area contributed by atoms with Crippen LogP contribution in [0.1, 0.15) is 45.1 Å². The second-order valence-electron chi connectivity index (χ2n) is 5.23. The highest BCUT2D eigenvalue weighted by atomic mass is 16.3. The van der Waals surface area contributed by atoms with Crippen LogP contribution in [0.2, 0.25) is 0 Å². The fourth-order valence-corrected chi connectivity index (χ4v) is 2.82. The molecule has 1 N–H and O–H groups in total. The molecule has 0 spiro atoms. The zero-order valence-electron chi connectivity index (χ0n) is 10.3. The summed E-state index contributed by atoms with van der Waals surface area (Å²) in [6, 6.07) is 10.5. The summed E-state index contributed by atoms with van der Waals surface area (Å²) in [7, 11) is 0. The Morgan fingerprint density at radius 3 is 2.38 bits per heavy atom. The molecule has 1 aromatic carbocycles. The molecular weight excluding hydrogens is 196 g/mol. The molecule has 2 atom stereocenters. The van der Waals surface area contributed by atoms with Crippen LogP contribution >= 0.6 is 0 Å². The van der Waals surface area contributed by atoms with E-state index in [4.69, 9.17) is 0 Å². The van der Waals surface area contributed by atoms with Gasteiger partial charge in [0.15, 0.2) is 0 Å². The Bertz CT molecular complexity index is 327. The van der Waals surface area contributed by atoms with Gasteiger partial charge in [0.05, 0.1) is 6.10 Å². The lowest BCUT2D eigenvalue weighted by atomic mass is 9.82. The minimum absolute atomic E-state index is 0.0792. The lowest BCUT2D eigenvalue weighted by Gasteiger charge is -2.28. The molecule has 1 nitrogen and oxygen atoms in total. The Balaban J connectivity index is 2.14. The predicted molar refractivity (Wildman–Crippen MR) is 67.4 cm³/mol. The lowest BCUT2D eigenvalue weighted by Crippen LogP contribution is -2.32. The van der Waals surface area contributed by atoms with Gasteiger partial charge in [-0.15, -0.1) is 0 Å². The van der Waals surface area contributed by atoms with E-state index in [1.54, 1.807) is 0 Å². The van der Waals surface area contributed by atoms with Crippen molar-refractivity contribution >= 4 is 0 Å². The highest BCUT2D eigenvalue weighted by molar-refractivity contribution is 5.33. The van der Waals surface area contributed by atoms with Crippen LogP contribution in [0, 0.1) is 5.92 Å². The summed E-state index contributed by atoms with van der Waals surface area (Å²) >= 11 is 0. The van der Waals surface area contributed by atoms with Crippen LogP contribution in [0.15, 0.2) is 30.3 Å². The van der Waals surface area contributed by atoms with Crippen molar-refractivity contribution in [3.63, 3.8) is 0 Å². The third-order valence-corrected chi connectivity index (χ3v) is 3.99. The molecule has 0 amide bonds. The molecule has 0 saturated heterocycles. The van der Waals surface area contributed by atoms with E-state index in [2.05, 4.69) is 38.1 Å². The van der Waals surface area contributed by atoms with E-state index in [-0.39, 0.29) is 11.5 Å². The quantitative estimate of drug-likeness (QED) is 0.801. The van der Waals surface area contributed by atoms with Crippen LogP contribution in [-0.2, 0) is 5.41 Å². The summed E-state index contributed by atoms with van der Waals surface area (Å²) in [5, 5.41) is 10.5. The van der Waals surface area contributed by atoms with Gasteiger partial charge in [0.2, 0.25) is 0 Å². The third-order valence-electron chi connectivity index (χ3n) is 3.99. The zero-order valence-corrected chi connectivity index (χ0v) is 10.3. The van der Waals surface area contributed by atoms with Crippen molar-refractivity contribution in [3.05, 3.63) is 35.9 Å². The van der Waals surface area contributed by atoms with E-state index in [0.29, 0.717) is 5.92 Å². The molecule has 2 unspecified atom stereocenters. The Kier molecular flexibility index (Phi) is 3.34. The number of hydrogen-bond donors (Lipinski definition) is 1. The van der Waals surface area contributed by atoms with Crippen molar-refractivity contribution in [1.29, 1.82) is 0 Å². The van der Waals surface area contributed by atoms with Gasteiger partial charge in [-0.05, 0) is 30.7 Å². The minimum Gasteiger partial charge on any atom is -0.392 e. The van der Waals surface area contributed by atoms with Gasteiger partial charge in [-0.1, -0.05) is 50.6 Å². The maximum atomic E-state index is 10.5.